The third kappa shape index (κ3) is 2.13. The van der Waals surface area contributed by atoms with Gasteiger partial charge in [-0.15, -0.1) is 11.3 Å². The molecule has 1 aromatic heterocycles. The van der Waals surface area contributed by atoms with E-state index in [0.29, 0.717) is 4.34 Å². The summed E-state index contributed by atoms with van der Waals surface area (Å²) < 4.78 is 0.588. The summed E-state index contributed by atoms with van der Waals surface area (Å²) in [5, 5.41) is 2.18. The standard InChI is InChI=1S/C11H11ClN2O3S/c1-11(2)8(15)13-10(17)14(9(11)16)5-6-3-4-7(12)18-6/h3-4H,5H2,1-2H3,(H,13,15,17). The van der Waals surface area contributed by atoms with Crippen molar-refractivity contribution in [2.75, 3.05) is 0 Å². The van der Waals surface area contributed by atoms with Crippen molar-refractivity contribution in [2.45, 2.75) is 20.4 Å². The Bertz CT molecular complexity index is 538. The second-order valence-corrected chi connectivity index (χ2v) is 6.28. The van der Waals surface area contributed by atoms with Gasteiger partial charge in [-0.2, -0.15) is 0 Å². The molecule has 1 aliphatic heterocycles. The molecule has 1 fully saturated rings. The number of hydrogen-bond acceptors (Lipinski definition) is 4. The number of amides is 4. The zero-order chi connectivity index (χ0) is 13.5. The highest BCUT2D eigenvalue weighted by Crippen LogP contribution is 2.27. The number of thiophene rings is 1. The monoisotopic (exact) mass is 286 g/mol. The average Bonchev–Trinajstić information content (AvgIpc) is 2.68. The zero-order valence-corrected chi connectivity index (χ0v) is 11.4. The molecule has 1 aromatic rings. The van der Waals surface area contributed by atoms with Crippen molar-refractivity contribution in [3.05, 3.63) is 21.3 Å². The van der Waals surface area contributed by atoms with Crippen LogP contribution in [0.15, 0.2) is 12.1 Å². The lowest BCUT2D eigenvalue weighted by Crippen LogP contribution is -2.61. The third-order valence-corrected chi connectivity index (χ3v) is 3.97. The van der Waals surface area contributed by atoms with Crippen LogP contribution in [0.2, 0.25) is 4.34 Å². The van der Waals surface area contributed by atoms with Crippen LogP contribution >= 0.6 is 22.9 Å². The summed E-state index contributed by atoms with van der Waals surface area (Å²) in [6.45, 7) is 3.11. The first-order valence-corrected chi connectivity index (χ1v) is 6.43. The Labute approximate surface area is 113 Å². The Morgan fingerprint density at radius 3 is 2.56 bits per heavy atom. The first-order valence-electron chi connectivity index (χ1n) is 5.24. The molecular weight excluding hydrogens is 276 g/mol. The van der Waals surface area contributed by atoms with Crippen LogP contribution in [0, 0.1) is 5.41 Å². The minimum Gasteiger partial charge on any atom is -0.277 e. The predicted molar refractivity (Wildman–Crippen MR) is 67.2 cm³/mol. The van der Waals surface area contributed by atoms with Crippen molar-refractivity contribution in [1.82, 2.24) is 10.2 Å². The fourth-order valence-electron chi connectivity index (χ4n) is 1.58. The topological polar surface area (TPSA) is 66.5 Å². The Kier molecular flexibility index (Phi) is 3.16. The molecule has 0 atom stereocenters. The number of nitrogens with one attached hydrogen (secondary N) is 1. The van der Waals surface area contributed by atoms with Crippen LogP contribution in [0.3, 0.4) is 0 Å². The second kappa shape index (κ2) is 4.37. The molecule has 4 amide bonds. The van der Waals surface area contributed by atoms with Gasteiger partial charge in [-0.1, -0.05) is 11.6 Å². The van der Waals surface area contributed by atoms with Gasteiger partial charge in [0.2, 0.25) is 11.8 Å². The van der Waals surface area contributed by atoms with E-state index in [9.17, 15) is 14.4 Å². The minimum atomic E-state index is -1.23. The molecule has 7 heteroatoms. The van der Waals surface area contributed by atoms with E-state index in [0.717, 1.165) is 9.78 Å². The van der Waals surface area contributed by atoms with E-state index in [1.54, 1.807) is 12.1 Å². The molecule has 0 aromatic carbocycles. The van der Waals surface area contributed by atoms with Crippen LogP contribution in [0.25, 0.3) is 0 Å². The molecule has 96 valence electrons. The lowest BCUT2D eigenvalue weighted by molar-refractivity contribution is -0.149. The smallest absolute Gasteiger partial charge is 0.277 e. The Morgan fingerprint density at radius 1 is 1.33 bits per heavy atom. The highest BCUT2D eigenvalue weighted by atomic mass is 35.5. The normalized spacial score (nSPS) is 19.1. The van der Waals surface area contributed by atoms with Gasteiger partial charge in [0.15, 0.2) is 0 Å². The van der Waals surface area contributed by atoms with Gasteiger partial charge in [0.25, 0.3) is 0 Å². The molecule has 0 spiro atoms. The maximum atomic E-state index is 12.1. The van der Waals surface area contributed by atoms with Crippen LogP contribution in [0.5, 0.6) is 0 Å². The maximum Gasteiger partial charge on any atom is 0.331 e. The molecule has 0 saturated carbocycles. The summed E-state index contributed by atoms with van der Waals surface area (Å²) in [7, 11) is 0. The summed E-state index contributed by atoms with van der Waals surface area (Å²) in [5.74, 6) is -1.07. The largest absolute Gasteiger partial charge is 0.331 e. The predicted octanol–water partition coefficient (Wildman–Crippen LogP) is 2.01. The first-order chi connectivity index (χ1) is 8.32. The van der Waals surface area contributed by atoms with Gasteiger partial charge < -0.3 is 0 Å². The van der Waals surface area contributed by atoms with E-state index in [2.05, 4.69) is 5.32 Å². The van der Waals surface area contributed by atoms with Crippen LogP contribution in [0.1, 0.15) is 18.7 Å². The van der Waals surface area contributed by atoms with E-state index >= 15 is 0 Å². The van der Waals surface area contributed by atoms with Crippen molar-refractivity contribution in [1.29, 1.82) is 0 Å². The fourth-order valence-corrected chi connectivity index (χ4v) is 2.66. The molecular formula is C11H11ClN2O3S. The fraction of sp³-hybridized carbons (Fsp3) is 0.364. The van der Waals surface area contributed by atoms with Gasteiger partial charge in [0.1, 0.15) is 5.41 Å². The Morgan fingerprint density at radius 2 is 2.00 bits per heavy atom. The third-order valence-electron chi connectivity index (χ3n) is 2.76. The molecule has 0 radical (unpaired) electrons. The van der Waals surface area contributed by atoms with Crippen molar-refractivity contribution in [3.8, 4) is 0 Å². The van der Waals surface area contributed by atoms with Crippen molar-refractivity contribution in [3.63, 3.8) is 0 Å². The first kappa shape index (κ1) is 13.0. The molecule has 1 N–H and O–H groups in total. The summed E-state index contributed by atoms with van der Waals surface area (Å²) in [5.41, 5.74) is -1.23. The number of nitrogens with zero attached hydrogens (tertiary/aromatic N) is 1. The summed E-state index contributed by atoms with van der Waals surface area (Å²) in [6.07, 6.45) is 0. The number of halogens is 1. The van der Waals surface area contributed by atoms with Crippen molar-refractivity contribution < 1.29 is 14.4 Å². The van der Waals surface area contributed by atoms with E-state index < -0.39 is 23.3 Å². The van der Waals surface area contributed by atoms with Gasteiger partial charge >= 0.3 is 6.03 Å². The van der Waals surface area contributed by atoms with Crippen LogP contribution < -0.4 is 5.32 Å². The van der Waals surface area contributed by atoms with Crippen molar-refractivity contribution >= 4 is 40.8 Å². The Balaban J connectivity index is 2.24. The summed E-state index contributed by atoms with van der Waals surface area (Å²) in [4.78, 5) is 37.1. The molecule has 2 heterocycles. The molecule has 2 rings (SSSR count). The van der Waals surface area contributed by atoms with E-state index in [1.807, 2.05) is 0 Å². The van der Waals surface area contributed by atoms with Crippen LogP contribution in [-0.2, 0) is 16.1 Å². The quantitative estimate of drug-likeness (QED) is 0.846. The molecule has 1 saturated heterocycles. The highest BCUT2D eigenvalue weighted by Gasteiger charge is 2.46. The summed E-state index contributed by atoms with van der Waals surface area (Å²) >= 11 is 7.08. The van der Waals surface area contributed by atoms with Gasteiger partial charge in [-0.05, 0) is 26.0 Å². The number of imide groups is 2. The van der Waals surface area contributed by atoms with Crippen LogP contribution in [0.4, 0.5) is 4.79 Å². The van der Waals surface area contributed by atoms with Gasteiger partial charge in [0, 0.05) is 4.88 Å². The minimum absolute atomic E-state index is 0.124. The highest BCUT2D eigenvalue weighted by molar-refractivity contribution is 7.16. The van der Waals surface area contributed by atoms with Gasteiger partial charge in [0.05, 0.1) is 10.9 Å². The van der Waals surface area contributed by atoms with E-state index in [-0.39, 0.29) is 6.54 Å². The number of barbiturate groups is 1. The second-order valence-electron chi connectivity index (χ2n) is 4.48. The molecule has 5 nitrogen and oxygen atoms in total. The summed E-state index contributed by atoms with van der Waals surface area (Å²) in [6, 6.07) is 2.76. The van der Waals surface area contributed by atoms with E-state index in [1.165, 1.54) is 25.2 Å². The SMILES string of the molecule is CC1(C)C(=O)NC(=O)N(Cc2ccc(Cl)s2)C1=O. The lowest BCUT2D eigenvalue weighted by atomic mass is 9.89. The number of hydrogen-bond donors (Lipinski definition) is 1. The van der Waals surface area contributed by atoms with Gasteiger partial charge in [-0.3, -0.25) is 19.8 Å². The molecule has 0 bridgehead atoms. The Hall–Kier alpha value is -1.40. The molecule has 1 aliphatic rings. The lowest BCUT2D eigenvalue weighted by Gasteiger charge is -2.34. The molecule has 18 heavy (non-hydrogen) atoms. The number of rotatable bonds is 2. The zero-order valence-electron chi connectivity index (χ0n) is 9.82. The number of carbonyl (C=O) groups is 3. The molecule has 0 unspecified atom stereocenters. The maximum absolute atomic E-state index is 12.1. The number of carbonyl (C=O) groups excluding carboxylic acids is 3. The molecule has 0 aliphatic carbocycles. The van der Waals surface area contributed by atoms with Crippen LogP contribution in [-0.4, -0.2) is 22.7 Å². The average molecular weight is 287 g/mol. The van der Waals surface area contributed by atoms with Crippen molar-refractivity contribution in [2.24, 2.45) is 5.41 Å². The van der Waals surface area contributed by atoms with Gasteiger partial charge in [-0.25, -0.2) is 4.79 Å². The number of urea groups is 1. The van der Waals surface area contributed by atoms with E-state index in [4.69, 9.17) is 11.6 Å².